The van der Waals surface area contributed by atoms with E-state index in [1.807, 2.05) is 11.3 Å². The molecule has 1 nitrogen and oxygen atoms in total. The van der Waals surface area contributed by atoms with Gasteiger partial charge < -0.3 is 5.32 Å². The van der Waals surface area contributed by atoms with Crippen LogP contribution in [0, 0.1) is 0 Å². The quantitative estimate of drug-likeness (QED) is 0.480. The Hall–Kier alpha value is -2.36. The minimum atomic E-state index is -1.65. The minimum absolute atomic E-state index is 0.241. The molecule has 2 aromatic carbocycles. The van der Waals surface area contributed by atoms with Gasteiger partial charge in [0, 0.05) is 10.6 Å². The average molecular weight is 386 g/mol. The van der Waals surface area contributed by atoms with Crippen LogP contribution in [-0.2, 0) is 5.54 Å². The summed E-state index contributed by atoms with van der Waals surface area (Å²) in [7, 11) is -1.65. The lowest BCUT2D eigenvalue weighted by Gasteiger charge is -2.41. The fraction of sp³-hybridized carbons (Fsp3) is 0.167. The molecule has 0 saturated heterocycles. The number of nitrogens with one attached hydrogen (secondary N) is 1. The highest BCUT2D eigenvalue weighted by Crippen LogP contribution is 2.55. The summed E-state index contributed by atoms with van der Waals surface area (Å²) in [5.41, 5.74) is 6.47. The van der Waals surface area contributed by atoms with Gasteiger partial charge in [0.05, 0.1) is 8.07 Å². The van der Waals surface area contributed by atoms with Crippen LogP contribution in [0.4, 0.5) is 5.69 Å². The van der Waals surface area contributed by atoms with Crippen LogP contribution in [0.5, 0.6) is 0 Å². The summed E-state index contributed by atoms with van der Waals surface area (Å²) >= 11 is 1.85. The fourth-order valence-electron chi connectivity index (χ4n) is 4.68. The van der Waals surface area contributed by atoms with Crippen molar-refractivity contribution in [3.05, 3.63) is 98.9 Å². The predicted octanol–water partition coefficient (Wildman–Crippen LogP) is 6.78. The molecule has 1 aliphatic heterocycles. The van der Waals surface area contributed by atoms with E-state index in [2.05, 4.69) is 103 Å². The molecule has 0 fully saturated rings. The molecule has 27 heavy (non-hydrogen) atoms. The lowest BCUT2D eigenvalue weighted by molar-refractivity contribution is 0.767. The summed E-state index contributed by atoms with van der Waals surface area (Å²) in [6, 6.07) is 22.0. The van der Waals surface area contributed by atoms with Gasteiger partial charge in [-0.3, -0.25) is 0 Å². The van der Waals surface area contributed by atoms with E-state index in [1.165, 1.54) is 32.8 Å². The Morgan fingerprint density at radius 3 is 2.44 bits per heavy atom. The van der Waals surface area contributed by atoms with Crippen LogP contribution in [0.15, 0.2) is 77.3 Å². The van der Waals surface area contributed by atoms with Gasteiger partial charge in [0.1, 0.15) is 5.54 Å². The zero-order chi connectivity index (χ0) is 18.6. The molecule has 1 aromatic heterocycles. The van der Waals surface area contributed by atoms with E-state index in [0.717, 1.165) is 0 Å². The standard InChI is InChI=1S/C24H23NSSi/c1-27(2,3)23-22(21-13-8-16-26-21)18-10-5-6-11-19(18)24(23)15-14-17-9-4-7-12-20(17)25-24/h4-16,25H,1-3H3. The molecule has 3 aromatic rings. The van der Waals surface area contributed by atoms with Crippen LogP contribution < -0.4 is 5.32 Å². The first-order chi connectivity index (χ1) is 13.0. The van der Waals surface area contributed by atoms with Gasteiger partial charge in [-0.2, -0.15) is 0 Å². The second-order valence-electron chi connectivity index (χ2n) is 8.38. The summed E-state index contributed by atoms with van der Waals surface area (Å²) in [5.74, 6) is 0. The lowest BCUT2D eigenvalue weighted by Crippen LogP contribution is -2.44. The molecule has 2 aliphatic rings. The van der Waals surface area contributed by atoms with Crippen molar-refractivity contribution in [2.24, 2.45) is 0 Å². The average Bonchev–Trinajstić information content (AvgIpc) is 3.27. The lowest BCUT2D eigenvalue weighted by atomic mass is 9.87. The molecule has 134 valence electrons. The van der Waals surface area contributed by atoms with E-state index in [4.69, 9.17) is 0 Å². The summed E-state index contributed by atoms with van der Waals surface area (Å²) in [4.78, 5) is 1.38. The van der Waals surface area contributed by atoms with E-state index >= 15 is 0 Å². The molecule has 1 unspecified atom stereocenters. The number of thiophene rings is 1. The molecule has 1 N–H and O–H groups in total. The summed E-state index contributed by atoms with van der Waals surface area (Å²) in [6.45, 7) is 7.42. The van der Waals surface area contributed by atoms with Gasteiger partial charge in [-0.1, -0.05) is 80.3 Å². The maximum Gasteiger partial charge on any atom is 0.101 e. The Labute approximate surface area is 166 Å². The Kier molecular flexibility index (Phi) is 3.62. The molecule has 2 heterocycles. The van der Waals surface area contributed by atoms with E-state index in [0.29, 0.717) is 0 Å². The number of anilines is 1. The van der Waals surface area contributed by atoms with Gasteiger partial charge >= 0.3 is 0 Å². The van der Waals surface area contributed by atoms with Crippen LogP contribution in [0.1, 0.15) is 21.6 Å². The number of benzene rings is 2. The van der Waals surface area contributed by atoms with Gasteiger partial charge in [0.25, 0.3) is 0 Å². The third-order valence-electron chi connectivity index (χ3n) is 5.59. The highest BCUT2D eigenvalue weighted by atomic mass is 32.1. The third kappa shape index (κ3) is 2.42. The first kappa shape index (κ1) is 16.8. The van der Waals surface area contributed by atoms with E-state index in [9.17, 15) is 0 Å². The van der Waals surface area contributed by atoms with Crippen LogP contribution in [0.3, 0.4) is 0 Å². The predicted molar refractivity (Wildman–Crippen MR) is 121 cm³/mol. The molecule has 0 saturated carbocycles. The number of para-hydroxylation sites is 1. The molecule has 0 amide bonds. The molecule has 1 aliphatic carbocycles. The molecule has 0 radical (unpaired) electrons. The van der Waals surface area contributed by atoms with Gasteiger partial charge in [-0.25, -0.2) is 0 Å². The van der Waals surface area contributed by atoms with Crippen molar-refractivity contribution in [1.82, 2.24) is 0 Å². The summed E-state index contributed by atoms with van der Waals surface area (Å²) in [5, 5.41) is 7.75. The Bertz CT molecular complexity index is 1090. The maximum atomic E-state index is 3.97. The third-order valence-corrected chi connectivity index (χ3v) is 8.62. The minimum Gasteiger partial charge on any atom is -0.368 e. The van der Waals surface area contributed by atoms with Gasteiger partial charge in [-0.15, -0.1) is 11.3 Å². The number of rotatable bonds is 2. The number of hydrogen-bond donors (Lipinski definition) is 1. The molecule has 1 spiro atoms. The molecule has 1 atom stereocenters. The van der Waals surface area contributed by atoms with Crippen LogP contribution >= 0.6 is 11.3 Å². The SMILES string of the molecule is C[Si](C)(C)C1=C(c2cccs2)c2ccccc2C12C=Cc1ccccc1N2. The zero-order valence-electron chi connectivity index (χ0n) is 15.9. The van der Waals surface area contributed by atoms with Crippen LogP contribution in [0.2, 0.25) is 19.6 Å². The normalized spacial score (nSPS) is 20.6. The van der Waals surface area contributed by atoms with E-state index < -0.39 is 8.07 Å². The van der Waals surface area contributed by atoms with Crippen molar-refractivity contribution in [2.75, 3.05) is 5.32 Å². The largest absolute Gasteiger partial charge is 0.368 e. The van der Waals surface area contributed by atoms with Crippen molar-refractivity contribution in [1.29, 1.82) is 0 Å². The van der Waals surface area contributed by atoms with Gasteiger partial charge in [-0.05, 0) is 45.0 Å². The first-order valence-electron chi connectivity index (χ1n) is 9.46. The van der Waals surface area contributed by atoms with Crippen molar-refractivity contribution >= 4 is 36.7 Å². The van der Waals surface area contributed by atoms with Crippen LogP contribution in [-0.4, -0.2) is 8.07 Å². The van der Waals surface area contributed by atoms with Gasteiger partial charge in [0.2, 0.25) is 0 Å². The molecule has 3 heteroatoms. The van der Waals surface area contributed by atoms with Crippen molar-refractivity contribution in [2.45, 2.75) is 25.2 Å². The fourth-order valence-corrected chi connectivity index (χ4v) is 8.05. The van der Waals surface area contributed by atoms with Gasteiger partial charge in [0.15, 0.2) is 0 Å². The Morgan fingerprint density at radius 1 is 0.889 bits per heavy atom. The topological polar surface area (TPSA) is 12.0 Å². The summed E-state index contributed by atoms with van der Waals surface area (Å²) < 4.78 is 0. The van der Waals surface area contributed by atoms with Crippen LogP contribution in [0.25, 0.3) is 11.6 Å². The second-order valence-corrected chi connectivity index (χ2v) is 14.3. The molecule has 0 bridgehead atoms. The number of hydrogen-bond acceptors (Lipinski definition) is 2. The maximum absolute atomic E-state index is 3.97. The molecule has 5 rings (SSSR count). The molecular weight excluding hydrogens is 362 g/mol. The highest BCUT2D eigenvalue weighted by Gasteiger charge is 2.49. The van der Waals surface area contributed by atoms with Crippen molar-refractivity contribution in [3.8, 4) is 0 Å². The Balaban J connectivity index is 1.86. The smallest absolute Gasteiger partial charge is 0.101 e. The van der Waals surface area contributed by atoms with Crippen molar-refractivity contribution in [3.63, 3.8) is 0 Å². The molecular formula is C24H23NSSi. The summed E-state index contributed by atoms with van der Waals surface area (Å²) in [6.07, 6.45) is 4.71. The first-order valence-corrected chi connectivity index (χ1v) is 13.8. The number of fused-ring (bicyclic) bond motifs is 3. The second kappa shape index (κ2) is 5.82. The van der Waals surface area contributed by atoms with Crippen molar-refractivity contribution < 1.29 is 0 Å². The highest BCUT2D eigenvalue weighted by molar-refractivity contribution is 7.11. The Morgan fingerprint density at radius 2 is 1.67 bits per heavy atom. The van der Waals surface area contributed by atoms with E-state index in [-0.39, 0.29) is 5.54 Å². The monoisotopic (exact) mass is 385 g/mol. The zero-order valence-corrected chi connectivity index (χ0v) is 17.7. The van der Waals surface area contributed by atoms with E-state index in [1.54, 1.807) is 5.20 Å².